The second kappa shape index (κ2) is 5.02. The van der Waals surface area contributed by atoms with Crippen molar-refractivity contribution in [1.82, 2.24) is 0 Å². The summed E-state index contributed by atoms with van der Waals surface area (Å²) in [5.74, 6) is 0. The third-order valence-electron chi connectivity index (χ3n) is 3.21. The summed E-state index contributed by atoms with van der Waals surface area (Å²) < 4.78 is 5.38. The van der Waals surface area contributed by atoms with Gasteiger partial charge < -0.3 is 15.8 Å². The Labute approximate surface area is 107 Å². The maximum atomic E-state index is 5.57. The van der Waals surface area contributed by atoms with Gasteiger partial charge in [-0.2, -0.15) is 0 Å². The average Bonchev–Trinajstić information content (AvgIpc) is 2.30. The van der Waals surface area contributed by atoms with E-state index in [2.05, 4.69) is 12.2 Å². The Balaban J connectivity index is 2.05. The first-order chi connectivity index (χ1) is 8.09. The van der Waals surface area contributed by atoms with Gasteiger partial charge in [0.2, 0.25) is 0 Å². The molecule has 1 aliphatic rings. The van der Waals surface area contributed by atoms with Crippen molar-refractivity contribution in [2.24, 2.45) is 5.73 Å². The summed E-state index contributed by atoms with van der Waals surface area (Å²) in [5.41, 5.74) is 7.71. The quantitative estimate of drug-likeness (QED) is 0.808. The van der Waals surface area contributed by atoms with Crippen LogP contribution in [0, 0.1) is 0 Å². The number of hydrogen-bond donors (Lipinski definition) is 2. The normalized spacial score (nSPS) is 18.6. The van der Waals surface area contributed by atoms with Gasteiger partial charge in [0.25, 0.3) is 0 Å². The van der Waals surface area contributed by atoms with Crippen LogP contribution >= 0.6 is 12.2 Å². The molecule has 0 atom stereocenters. The van der Waals surface area contributed by atoms with Crippen LogP contribution in [0.4, 0.5) is 5.69 Å². The van der Waals surface area contributed by atoms with Crippen LogP contribution in [0.3, 0.4) is 0 Å². The molecule has 1 aromatic rings. The molecule has 2 rings (SSSR count). The SMILES string of the molecule is CC1(Nc2ccc(C(N)=S)cc2)CCOCC1. The molecule has 1 fully saturated rings. The summed E-state index contributed by atoms with van der Waals surface area (Å²) in [5, 5.41) is 3.56. The highest BCUT2D eigenvalue weighted by Gasteiger charge is 2.26. The molecule has 17 heavy (non-hydrogen) atoms. The topological polar surface area (TPSA) is 47.3 Å². The van der Waals surface area contributed by atoms with E-state index in [0.29, 0.717) is 4.99 Å². The third-order valence-corrected chi connectivity index (χ3v) is 3.45. The summed E-state index contributed by atoms with van der Waals surface area (Å²) >= 11 is 4.93. The van der Waals surface area contributed by atoms with Gasteiger partial charge in [0.1, 0.15) is 4.99 Å². The van der Waals surface area contributed by atoms with E-state index >= 15 is 0 Å². The van der Waals surface area contributed by atoms with Crippen LogP contribution in [-0.2, 0) is 4.74 Å². The molecule has 0 aliphatic carbocycles. The van der Waals surface area contributed by atoms with Gasteiger partial charge in [-0.15, -0.1) is 0 Å². The third kappa shape index (κ3) is 3.17. The van der Waals surface area contributed by atoms with Crippen molar-refractivity contribution in [3.05, 3.63) is 29.8 Å². The number of nitrogens with one attached hydrogen (secondary N) is 1. The molecule has 0 saturated carbocycles. The number of anilines is 1. The van der Waals surface area contributed by atoms with Gasteiger partial charge in [0.05, 0.1) is 0 Å². The van der Waals surface area contributed by atoms with Gasteiger partial charge in [0, 0.05) is 30.0 Å². The van der Waals surface area contributed by atoms with E-state index < -0.39 is 0 Å². The summed E-state index contributed by atoms with van der Waals surface area (Å²) in [6.07, 6.45) is 2.06. The fourth-order valence-electron chi connectivity index (χ4n) is 2.01. The lowest BCUT2D eigenvalue weighted by Gasteiger charge is -2.35. The summed E-state index contributed by atoms with van der Waals surface area (Å²) in [4.78, 5) is 0.439. The minimum Gasteiger partial charge on any atom is -0.389 e. The molecule has 3 nitrogen and oxygen atoms in total. The molecular weight excluding hydrogens is 232 g/mol. The molecule has 0 amide bonds. The van der Waals surface area contributed by atoms with Gasteiger partial charge in [-0.1, -0.05) is 12.2 Å². The minimum atomic E-state index is 0.128. The van der Waals surface area contributed by atoms with Crippen LogP contribution < -0.4 is 11.1 Å². The standard InChI is InChI=1S/C13H18N2OS/c1-13(6-8-16-9-7-13)15-11-4-2-10(3-5-11)12(14)17/h2-5,15H,6-9H2,1H3,(H2,14,17). The van der Waals surface area contributed by atoms with Gasteiger partial charge in [0.15, 0.2) is 0 Å². The Kier molecular flexibility index (Phi) is 3.64. The van der Waals surface area contributed by atoms with Crippen molar-refractivity contribution >= 4 is 22.9 Å². The summed E-state index contributed by atoms with van der Waals surface area (Å²) in [7, 11) is 0. The molecule has 1 aliphatic heterocycles. The Morgan fingerprint density at radius 2 is 1.88 bits per heavy atom. The van der Waals surface area contributed by atoms with Crippen LogP contribution in [0.25, 0.3) is 0 Å². The summed E-state index contributed by atoms with van der Waals surface area (Å²) in [6, 6.07) is 7.95. The number of rotatable bonds is 3. The largest absolute Gasteiger partial charge is 0.389 e. The van der Waals surface area contributed by atoms with Gasteiger partial charge in [-0.05, 0) is 44.0 Å². The zero-order chi connectivity index (χ0) is 12.3. The molecule has 0 radical (unpaired) electrons. The van der Waals surface area contributed by atoms with E-state index in [4.69, 9.17) is 22.7 Å². The predicted octanol–water partition coefficient (Wildman–Crippen LogP) is 2.30. The molecule has 1 aromatic carbocycles. The molecule has 4 heteroatoms. The maximum absolute atomic E-state index is 5.57. The van der Waals surface area contributed by atoms with E-state index in [1.807, 2.05) is 24.3 Å². The fourth-order valence-corrected chi connectivity index (χ4v) is 2.15. The highest BCUT2D eigenvalue weighted by molar-refractivity contribution is 7.80. The zero-order valence-electron chi connectivity index (χ0n) is 10.0. The minimum absolute atomic E-state index is 0.128. The smallest absolute Gasteiger partial charge is 0.103 e. The molecule has 1 saturated heterocycles. The number of ether oxygens (including phenoxy) is 1. The molecule has 0 unspecified atom stereocenters. The van der Waals surface area contributed by atoms with Crippen molar-refractivity contribution in [3.63, 3.8) is 0 Å². The monoisotopic (exact) mass is 250 g/mol. The molecule has 3 N–H and O–H groups in total. The first-order valence-electron chi connectivity index (χ1n) is 5.85. The second-order valence-corrected chi connectivity index (χ2v) is 5.18. The Bertz CT molecular complexity index is 396. The molecule has 0 aromatic heterocycles. The van der Waals surface area contributed by atoms with Crippen molar-refractivity contribution in [3.8, 4) is 0 Å². The van der Waals surface area contributed by atoms with Crippen LogP contribution in [0.2, 0.25) is 0 Å². The van der Waals surface area contributed by atoms with E-state index in [0.717, 1.165) is 37.3 Å². The number of thiocarbonyl (C=S) groups is 1. The van der Waals surface area contributed by atoms with Crippen LogP contribution in [0.15, 0.2) is 24.3 Å². The summed E-state index contributed by atoms with van der Waals surface area (Å²) in [6.45, 7) is 3.89. The van der Waals surface area contributed by atoms with E-state index in [1.54, 1.807) is 0 Å². The first kappa shape index (κ1) is 12.3. The fraction of sp³-hybridized carbons (Fsp3) is 0.462. The first-order valence-corrected chi connectivity index (χ1v) is 6.26. The number of benzene rings is 1. The van der Waals surface area contributed by atoms with Crippen LogP contribution in [-0.4, -0.2) is 23.7 Å². The zero-order valence-corrected chi connectivity index (χ0v) is 10.8. The van der Waals surface area contributed by atoms with Crippen LogP contribution in [0.1, 0.15) is 25.3 Å². The van der Waals surface area contributed by atoms with Crippen LogP contribution in [0.5, 0.6) is 0 Å². The molecule has 0 spiro atoms. The molecule has 1 heterocycles. The number of hydrogen-bond acceptors (Lipinski definition) is 3. The molecular formula is C13H18N2OS. The lowest BCUT2D eigenvalue weighted by Crippen LogP contribution is -2.40. The Hall–Kier alpha value is -1.13. The maximum Gasteiger partial charge on any atom is 0.103 e. The van der Waals surface area contributed by atoms with Crippen molar-refractivity contribution < 1.29 is 4.74 Å². The van der Waals surface area contributed by atoms with Crippen molar-refractivity contribution in [2.75, 3.05) is 18.5 Å². The second-order valence-electron chi connectivity index (χ2n) is 4.74. The molecule has 92 valence electrons. The lowest BCUT2D eigenvalue weighted by molar-refractivity contribution is 0.0658. The average molecular weight is 250 g/mol. The van der Waals surface area contributed by atoms with E-state index in [-0.39, 0.29) is 5.54 Å². The van der Waals surface area contributed by atoms with Crippen molar-refractivity contribution in [2.45, 2.75) is 25.3 Å². The van der Waals surface area contributed by atoms with Gasteiger partial charge in [-0.3, -0.25) is 0 Å². The Morgan fingerprint density at radius 3 is 2.41 bits per heavy atom. The van der Waals surface area contributed by atoms with Gasteiger partial charge >= 0.3 is 0 Å². The molecule has 0 bridgehead atoms. The lowest BCUT2D eigenvalue weighted by atomic mass is 9.92. The highest BCUT2D eigenvalue weighted by atomic mass is 32.1. The Morgan fingerprint density at radius 1 is 1.29 bits per heavy atom. The van der Waals surface area contributed by atoms with E-state index in [1.165, 1.54) is 0 Å². The highest BCUT2D eigenvalue weighted by Crippen LogP contribution is 2.25. The van der Waals surface area contributed by atoms with Crippen molar-refractivity contribution in [1.29, 1.82) is 0 Å². The number of nitrogens with two attached hydrogens (primary N) is 1. The van der Waals surface area contributed by atoms with E-state index in [9.17, 15) is 0 Å². The van der Waals surface area contributed by atoms with Gasteiger partial charge in [-0.25, -0.2) is 0 Å². The predicted molar refractivity (Wildman–Crippen MR) is 74.4 cm³/mol.